The maximum Gasteiger partial charge on any atom is 0.321 e. The molecule has 4 N–H and O–H groups in total. The van der Waals surface area contributed by atoms with Crippen molar-refractivity contribution in [2.45, 2.75) is 13.0 Å². The van der Waals surface area contributed by atoms with Crippen molar-refractivity contribution in [1.29, 1.82) is 0 Å². The molecule has 1 aliphatic carbocycles. The van der Waals surface area contributed by atoms with E-state index >= 15 is 0 Å². The summed E-state index contributed by atoms with van der Waals surface area (Å²) in [5, 5.41) is 17.2. The molecule has 0 bridgehead atoms. The number of allylic oxidation sites excluding steroid dienone is 1. The Morgan fingerprint density at radius 2 is 2.08 bits per heavy atom. The molecule has 1 aliphatic rings. The molecule has 0 aromatic carbocycles. The van der Waals surface area contributed by atoms with Gasteiger partial charge in [0.05, 0.1) is 5.92 Å². The van der Waals surface area contributed by atoms with Gasteiger partial charge >= 0.3 is 11.9 Å². The van der Waals surface area contributed by atoms with Gasteiger partial charge in [-0.1, -0.05) is 11.6 Å². The topological polar surface area (TPSA) is 101 Å². The highest BCUT2D eigenvalue weighted by atomic mass is 16.4. The van der Waals surface area contributed by atoms with Gasteiger partial charge in [0, 0.05) is 5.92 Å². The molecule has 0 aliphatic heterocycles. The molecule has 0 radical (unpaired) electrons. The third kappa shape index (κ3) is 1.55. The molecule has 1 fully saturated rings. The molecular weight excluding hydrogens is 174 g/mol. The quantitative estimate of drug-likeness (QED) is 0.523. The zero-order valence-corrected chi connectivity index (χ0v) is 7.10. The molecule has 0 heterocycles. The summed E-state index contributed by atoms with van der Waals surface area (Å²) < 4.78 is 0. The summed E-state index contributed by atoms with van der Waals surface area (Å²) in [4.78, 5) is 21.0. The minimum atomic E-state index is -1.16. The molecule has 72 valence electrons. The molecular formula is C8H11NO4. The lowest BCUT2D eigenvalue weighted by Crippen LogP contribution is -2.33. The fraction of sp³-hybridized carbons (Fsp3) is 0.500. The van der Waals surface area contributed by atoms with Crippen LogP contribution in [0.25, 0.3) is 0 Å². The Hall–Kier alpha value is -1.36. The normalized spacial score (nSPS) is 31.4. The van der Waals surface area contributed by atoms with Gasteiger partial charge in [-0.2, -0.15) is 0 Å². The first kappa shape index (κ1) is 9.73. The summed E-state index contributed by atoms with van der Waals surface area (Å²) in [5.41, 5.74) is 5.93. The number of carboxylic acids is 2. The van der Waals surface area contributed by atoms with Gasteiger partial charge in [0.2, 0.25) is 0 Å². The second kappa shape index (κ2) is 3.18. The molecule has 0 aromatic rings. The van der Waals surface area contributed by atoms with E-state index in [1.165, 1.54) is 0 Å². The molecule has 0 saturated heterocycles. The second-order valence-electron chi connectivity index (χ2n) is 2.99. The molecule has 2 unspecified atom stereocenters. The van der Waals surface area contributed by atoms with E-state index in [-0.39, 0.29) is 0 Å². The fourth-order valence-electron chi connectivity index (χ4n) is 1.54. The Balaban J connectivity index is 2.75. The molecule has 0 amide bonds. The predicted molar refractivity (Wildman–Crippen MR) is 44.0 cm³/mol. The molecule has 1 rings (SSSR count). The third-order valence-corrected chi connectivity index (χ3v) is 2.27. The summed E-state index contributed by atoms with van der Waals surface area (Å²) in [6, 6.07) is -1.10. The maximum absolute atomic E-state index is 10.6. The molecule has 0 aromatic heterocycles. The van der Waals surface area contributed by atoms with Gasteiger partial charge < -0.3 is 15.9 Å². The van der Waals surface area contributed by atoms with Gasteiger partial charge in [-0.15, -0.1) is 0 Å². The first-order valence-corrected chi connectivity index (χ1v) is 3.88. The van der Waals surface area contributed by atoms with E-state index in [9.17, 15) is 9.59 Å². The monoisotopic (exact) mass is 185 g/mol. The highest BCUT2D eigenvalue weighted by molar-refractivity contribution is 5.85. The van der Waals surface area contributed by atoms with Gasteiger partial charge in [-0.3, -0.25) is 9.59 Å². The number of rotatable bonds is 3. The van der Waals surface area contributed by atoms with Gasteiger partial charge in [0.15, 0.2) is 0 Å². The van der Waals surface area contributed by atoms with Gasteiger partial charge in [-0.05, 0) is 6.92 Å². The second-order valence-corrected chi connectivity index (χ2v) is 2.99. The number of carbonyl (C=O) groups is 2. The zero-order valence-electron chi connectivity index (χ0n) is 7.10. The van der Waals surface area contributed by atoms with Crippen molar-refractivity contribution in [2.24, 2.45) is 17.6 Å². The lowest BCUT2D eigenvalue weighted by molar-refractivity contribution is -0.140. The predicted octanol–water partition coefficient (Wildman–Crippen LogP) is -0.325. The number of hydrogen-bond acceptors (Lipinski definition) is 3. The van der Waals surface area contributed by atoms with E-state index in [0.29, 0.717) is 5.57 Å². The zero-order chi connectivity index (χ0) is 10.2. The van der Waals surface area contributed by atoms with Crippen molar-refractivity contribution in [3.05, 3.63) is 11.6 Å². The van der Waals surface area contributed by atoms with Crippen LogP contribution in [-0.4, -0.2) is 28.2 Å². The van der Waals surface area contributed by atoms with Crippen molar-refractivity contribution >= 4 is 11.9 Å². The number of nitrogens with two attached hydrogens (primary N) is 1. The summed E-state index contributed by atoms with van der Waals surface area (Å²) in [7, 11) is 0. The van der Waals surface area contributed by atoms with Crippen molar-refractivity contribution in [3.63, 3.8) is 0 Å². The average Bonchev–Trinajstić information content (AvgIpc) is 2.76. The van der Waals surface area contributed by atoms with E-state index in [4.69, 9.17) is 15.9 Å². The van der Waals surface area contributed by atoms with Crippen LogP contribution in [0, 0.1) is 11.8 Å². The lowest BCUT2D eigenvalue weighted by atomic mass is 10.1. The van der Waals surface area contributed by atoms with Crippen LogP contribution in [0.15, 0.2) is 11.6 Å². The molecule has 1 saturated carbocycles. The highest BCUT2D eigenvalue weighted by Crippen LogP contribution is 2.47. The third-order valence-electron chi connectivity index (χ3n) is 2.27. The van der Waals surface area contributed by atoms with Gasteiger partial charge in [0.1, 0.15) is 6.04 Å². The van der Waals surface area contributed by atoms with E-state index in [1.807, 2.05) is 0 Å². The minimum absolute atomic E-state index is 0.528. The molecule has 13 heavy (non-hydrogen) atoms. The SMILES string of the molecule is CC=C1C(C(=O)O)C1[C@@H](N)C(=O)O. The van der Waals surface area contributed by atoms with Crippen LogP contribution in [-0.2, 0) is 9.59 Å². The minimum Gasteiger partial charge on any atom is -0.481 e. The van der Waals surface area contributed by atoms with Crippen molar-refractivity contribution in [3.8, 4) is 0 Å². The fourth-order valence-corrected chi connectivity index (χ4v) is 1.54. The standard InChI is InChI=1S/C8H11NO4/c1-2-3-4(5(3)7(10)11)6(9)8(12)13/h2,4-6H,9H2,1H3,(H,10,11)(H,12,13)/t4?,5?,6-/m1/s1. The van der Waals surface area contributed by atoms with Crippen LogP contribution in [0.1, 0.15) is 6.92 Å². The van der Waals surface area contributed by atoms with E-state index in [2.05, 4.69) is 0 Å². The first-order valence-electron chi connectivity index (χ1n) is 3.88. The Labute approximate surface area is 74.8 Å². The number of carboxylic acid groups (broad SMARTS) is 2. The van der Waals surface area contributed by atoms with E-state index < -0.39 is 29.8 Å². The van der Waals surface area contributed by atoms with Gasteiger partial charge in [0.25, 0.3) is 0 Å². The van der Waals surface area contributed by atoms with Crippen molar-refractivity contribution in [2.75, 3.05) is 0 Å². The summed E-state index contributed by atoms with van der Waals surface area (Å²) in [6.45, 7) is 1.68. The van der Waals surface area contributed by atoms with E-state index in [0.717, 1.165) is 0 Å². The molecule has 5 heteroatoms. The number of aliphatic carboxylic acids is 2. The van der Waals surface area contributed by atoms with Crippen molar-refractivity contribution in [1.82, 2.24) is 0 Å². The summed E-state index contributed by atoms with van der Waals surface area (Å²) >= 11 is 0. The summed E-state index contributed by atoms with van der Waals surface area (Å²) in [6.07, 6.45) is 1.62. The van der Waals surface area contributed by atoms with Crippen LogP contribution in [0.4, 0.5) is 0 Å². The smallest absolute Gasteiger partial charge is 0.321 e. The largest absolute Gasteiger partial charge is 0.481 e. The van der Waals surface area contributed by atoms with Crippen LogP contribution >= 0.6 is 0 Å². The van der Waals surface area contributed by atoms with E-state index in [1.54, 1.807) is 13.0 Å². The number of hydrogen-bond donors (Lipinski definition) is 3. The van der Waals surface area contributed by atoms with Gasteiger partial charge in [-0.25, -0.2) is 0 Å². The highest BCUT2D eigenvalue weighted by Gasteiger charge is 2.54. The lowest BCUT2D eigenvalue weighted by Gasteiger charge is -2.01. The first-order chi connectivity index (χ1) is 6.00. The molecule has 5 nitrogen and oxygen atoms in total. The molecule has 0 spiro atoms. The summed E-state index contributed by atoms with van der Waals surface area (Å²) in [5.74, 6) is -3.39. The van der Waals surface area contributed by atoms with Crippen LogP contribution in [0.3, 0.4) is 0 Å². The molecule has 3 atom stereocenters. The Morgan fingerprint density at radius 1 is 1.54 bits per heavy atom. The van der Waals surface area contributed by atoms with Crippen LogP contribution in [0.2, 0.25) is 0 Å². The Kier molecular flexibility index (Phi) is 2.38. The van der Waals surface area contributed by atoms with Crippen LogP contribution in [0.5, 0.6) is 0 Å². The Morgan fingerprint density at radius 3 is 2.31 bits per heavy atom. The maximum atomic E-state index is 10.6. The van der Waals surface area contributed by atoms with Crippen LogP contribution < -0.4 is 5.73 Å². The Bertz CT molecular complexity index is 284. The van der Waals surface area contributed by atoms with Crippen molar-refractivity contribution < 1.29 is 19.8 Å². The average molecular weight is 185 g/mol.